The number of aromatic nitrogens is 3. The van der Waals surface area contributed by atoms with Crippen molar-refractivity contribution in [3.63, 3.8) is 0 Å². The van der Waals surface area contributed by atoms with E-state index in [1.807, 2.05) is 10.9 Å². The number of fused-ring (bicyclic) bond motifs is 4. The van der Waals surface area contributed by atoms with Crippen molar-refractivity contribution in [1.29, 1.82) is 0 Å². The number of aromatic amines is 1. The fourth-order valence-corrected chi connectivity index (χ4v) is 7.07. The maximum absolute atomic E-state index is 6.68. The molecule has 0 radical (unpaired) electrons. The fraction of sp³-hybridized carbons (Fsp3) is 0.324. The van der Waals surface area contributed by atoms with Crippen molar-refractivity contribution >= 4 is 10.9 Å². The van der Waals surface area contributed by atoms with Crippen LogP contribution in [0.3, 0.4) is 0 Å². The predicted molar refractivity (Wildman–Crippen MR) is 157 cm³/mol. The maximum Gasteiger partial charge on any atom is 0.108 e. The lowest BCUT2D eigenvalue weighted by atomic mass is 9.68. The zero-order valence-corrected chi connectivity index (χ0v) is 22.9. The summed E-state index contributed by atoms with van der Waals surface area (Å²) in [5.41, 5.74) is 8.80. The molecule has 0 amide bonds. The molecule has 1 aliphatic heterocycles. The molecule has 2 aliphatic rings. The van der Waals surface area contributed by atoms with Crippen LogP contribution in [0.1, 0.15) is 48.1 Å². The minimum Gasteiger partial charge on any atom is -0.368 e. The Kier molecular flexibility index (Phi) is 5.94. The van der Waals surface area contributed by atoms with Crippen molar-refractivity contribution in [3.05, 3.63) is 114 Å². The normalized spacial score (nSPS) is 22.9. The van der Waals surface area contributed by atoms with Gasteiger partial charge in [-0.2, -0.15) is 5.10 Å². The van der Waals surface area contributed by atoms with Gasteiger partial charge in [-0.25, -0.2) is 0 Å². The molecule has 0 unspecified atom stereocenters. The first-order chi connectivity index (χ1) is 19.1. The standard InChI is InChI=1S/C34H36N4O/c1-37(2)33(28-11-7-4-8-12-28)16-18-34(19-17-33)32-29(15-20-39-34)30-21-26(13-14-31(30)36-32)27-22-35-38(24-27)23-25-9-5-3-6-10-25/h3-14,21-22,24,36H,15-20,23H2,1-2H3. The highest BCUT2D eigenvalue weighted by Gasteiger charge is 2.49. The Morgan fingerprint density at radius 2 is 1.64 bits per heavy atom. The van der Waals surface area contributed by atoms with E-state index < -0.39 is 0 Å². The molecule has 198 valence electrons. The number of rotatable bonds is 5. The first-order valence-electron chi connectivity index (χ1n) is 14.2. The predicted octanol–water partition coefficient (Wildman–Crippen LogP) is 6.88. The van der Waals surface area contributed by atoms with Crippen LogP contribution in [0.5, 0.6) is 0 Å². The Labute approximate surface area is 230 Å². The number of benzene rings is 3. The van der Waals surface area contributed by atoms with Gasteiger partial charge in [0.05, 0.1) is 25.0 Å². The number of hydrogen-bond acceptors (Lipinski definition) is 3. The van der Waals surface area contributed by atoms with Crippen molar-refractivity contribution in [3.8, 4) is 11.1 Å². The monoisotopic (exact) mass is 516 g/mol. The molecule has 1 N–H and O–H groups in total. The van der Waals surface area contributed by atoms with E-state index in [2.05, 4.69) is 114 Å². The molecule has 1 aliphatic carbocycles. The summed E-state index contributed by atoms with van der Waals surface area (Å²) < 4.78 is 8.71. The van der Waals surface area contributed by atoms with Crippen molar-refractivity contribution in [1.82, 2.24) is 19.7 Å². The Morgan fingerprint density at radius 1 is 0.897 bits per heavy atom. The van der Waals surface area contributed by atoms with Gasteiger partial charge in [-0.3, -0.25) is 9.58 Å². The Bertz CT molecular complexity index is 1590. The average Bonchev–Trinajstić information content (AvgIpc) is 3.60. The molecule has 1 saturated carbocycles. The van der Waals surface area contributed by atoms with E-state index in [0.717, 1.165) is 50.8 Å². The van der Waals surface area contributed by atoms with Crippen LogP contribution >= 0.6 is 0 Å². The lowest BCUT2D eigenvalue weighted by Crippen LogP contribution is -2.50. The summed E-state index contributed by atoms with van der Waals surface area (Å²) in [7, 11) is 4.45. The quantitative estimate of drug-likeness (QED) is 0.277. The van der Waals surface area contributed by atoms with E-state index in [0.29, 0.717) is 0 Å². The molecule has 3 aromatic carbocycles. The molecule has 3 heterocycles. The number of nitrogens with zero attached hydrogens (tertiary/aromatic N) is 3. The van der Waals surface area contributed by atoms with E-state index in [4.69, 9.17) is 4.74 Å². The molecular formula is C34H36N4O. The first-order valence-corrected chi connectivity index (χ1v) is 14.2. The van der Waals surface area contributed by atoms with Gasteiger partial charge in [0, 0.05) is 28.2 Å². The van der Waals surface area contributed by atoms with E-state index in [9.17, 15) is 0 Å². The molecule has 0 bridgehead atoms. The highest BCUT2D eigenvalue weighted by Crippen LogP contribution is 2.52. The van der Waals surface area contributed by atoms with Gasteiger partial charge in [0.15, 0.2) is 0 Å². The van der Waals surface area contributed by atoms with Crippen molar-refractivity contribution < 1.29 is 4.74 Å². The largest absolute Gasteiger partial charge is 0.368 e. The Hall–Kier alpha value is -3.67. The lowest BCUT2D eigenvalue weighted by Gasteiger charge is -2.50. The van der Waals surface area contributed by atoms with Gasteiger partial charge in [0.1, 0.15) is 5.60 Å². The molecule has 0 atom stereocenters. The summed E-state index contributed by atoms with van der Waals surface area (Å²) in [4.78, 5) is 6.26. The number of ether oxygens (including phenoxy) is 1. The zero-order valence-electron chi connectivity index (χ0n) is 22.9. The summed E-state index contributed by atoms with van der Waals surface area (Å²) in [6, 6.07) is 28.3. The number of nitrogens with one attached hydrogen (secondary N) is 1. The Morgan fingerprint density at radius 3 is 2.38 bits per heavy atom. The third kappa shape index (κ3) is 4.12. The number of hydrogen-bond donors (Lipinski definition) is 1. The summed E-state index contributed by atoms with van der Waals surface area (Å²) in [6.07, 6.45) is 9.27. The molecule has 39 heavy (non-hydrogen) atoms. The molecule has 1 fully saturated rings. The molecule has 5 aromatic rings. The van der Waals surface area contributed by atoms with Crippen LogP contribution in [0.2, 0.25) is 0 Å². The third-order valence-corrected chi connectivity index (χ3v) is 9.30. The molecule has 0 saturated heterocycles. The van der Waals surface area contributed by atoms with E-state index in [1.165, 1.54) is 38.9 Å². The zero-order chi connectivity index (χ0) is 26.5. The Balaban J connectivity index is 1.19. The lowest BCUT2D eigenvalue weighted by molar-refractivity contribution is -0.113. The molecule has 1 spiro atoms. The topological polar surface area (TPSA) is 46.1 Å². The first kappa shape index (κ1) is 24.4. The molecule has 5 nitrogen and oxygen atoms in total. The third-order valence-electron chi connectivity index (χ3n) is 9.30. The maximum atomic E-state index is 6.68. The summed E-state index contributed by atoms with van der Waals surface area (Å²) >= 11 is 0. The number of H-pyrrole nitrogens is 1. The van der Waals surface area contributed by atoms with Gasteiger partial charge < -0.3 is 9.72 Å². The molecular weight excluding hydrogens is 480 g/mol. The second kappa shape index (κ2) is 9.51. The van der Waals surface area contributed by atoms with Crippen LogP contribution in [-0.4, -0.2) is 40.4 Å². The minimum atomic E-state index is -0.234. The van der Waals surface area contributed by atoms with E-state index in [1.54, 1.807) is 0 Å². The fourth-order valence-electron chi connectivity index (χ4n) is 7.07. The van der Waals surface area contributed by atoms with Crippen LogP contribution in [0.25, 0.3) is 22.0 Å². The van der Waals surface area contributed by atoms with Gasteiger partial charge in [-0.1, -0.05) is 66.7 Å². The van der Waals surface area contributed by atoms with Crippen molar-refractivity contribution in [2.75, 3.05) is 20.7 Å². The van der Waals surface area contributed by atoms with Gasteiger partial charge in [0.2, 0.25) is 0 Å². The van der Waals surface area contributed by atoms with Crippen molar-refractivity contribution in [2.45, 2.75) is 49.8 Å². The summed E-state index contributed by atoms with van der Waals surface area (Å²) in [5.74, 6) is 0. The molecule has 5 heteroatoms. The highest BCUT2D eigenvalue weighted by molar-refractivity contribution is 5.89. The smallest absolute Gasteiger partial charge is 0.108 e. The van der Waals surface area contributed by atoms with Crippen LogP contribution in [0, 0.1) is 0 Å². The SMILES string of the molecule is CN(C)C1(c2ccccc2)CCC2(CC1)OCCc1c2[nH]c2ccc(-c3cnn(Cc4ccccc4)c3)cc12. The molecule has 7 rings (SSSR count). The van der Waals surface area contributed by atoms with Crippen LogP contribution in [-0.2, 0) is 28.8 Å². The van der Waals surface area contributed by atoms with Gasteiger partial charge in [0.25, 0.3) is 0 Å². The van der Waals surface area contributed by atoms with Crippen LogP contribution < -0.4 is 0 Å². The highest BCUT2D eigenvalue weighted by atomic mass is 16.5. The molecule has 2 aromatic heterocycles. The van der Waals surface area contributed by atoms with E-state index in [-0.39, 0.29) is 11.1 Å². The second-order valence-electron chi connectivity index (χ2n) is 11.5. The summed E-state index contributed by atoms with van der Waals surface area (Å²) in [5, 5.41) is 5.98. The van der Waals surface area contributed by atoms with Crippen LogP contribution in [0.4, 0.5) is 0 Å². The minimum absolute atomic E-state index is 0.0482. The van der Waals surface area contributed by atoms with Crippen LogP contribution in [0.15, 0.2) is 91.3 Å². The second-order valence-corrected chi connectivity index (χ2v) is 11.5. The van der Waals surface area contributed by atoms with Gasteiger partial charge in [-0.15, -0.1) is 0 Å². The summed E-state index contributed by atoms with van der Waals surface area (Å²) in [6.45, 7) is 1.55. The van der Waals surface area contributed by atoms with E-state index >= 15 is 0 Å². The van der Waals surface area contributed by atoms with Gasteiger partial charge >= 0.3 is 0 Å². The van der Waals surface area contributed by atoms with Gasteiger partial charge in [-0.05, 0) is 80.6 Å². The van der Waals surface area contributed by atoms with Crippen molar-refractivity contribution in [2.24, 2.45) is 0 Å². The average molecular weight is 517 g/mol.